The van der Waals surface area contributed by atoms with Crippen molar-refractivity contribution < 1.29 is 0 Å². The Balaban J connectivity index is 2.23. The van der Waals surface area contributed by atoms with E-state index in [9.17, 15) is 0 Å². The van der Waals surface area contributed by atoms with Gasteiger partial charge in [0, 0.05) is 34.9 Å². The molecule has 3 heterocycles. The number of hydrogen-bond donors (Lipinski definition) is 0. The van der Waals surface area contributed by atoms with E-state index >= 15 is 0 Å². The summed E-state index contributed by atoms with van der Waals surface area (Å²) in [7, 11) is 0. The van der Waals surface area contributed by atoms with Crippen molar-refractivity contribution in [2.24, 2.45) is 0 Å². The summed E-state index contributed by atoms with van der Waals surface area (Å²) in [5.74, 6) is 0. The third-order valence-electron chi connectivity index (χ3n) is 3.52. The molecule has 4 aromatic rings. The van der Waals surface area contributed by atoms with Crippen molar-refractivity contribution >= 4 is 33.3 Å². The number of nitrogens with zero attached hydrogens (tertiary/aromatic N) is 3. The number of halogens is 1. The molecule has 0 aliphatic carbocycles. The highest BCUT2D eigenvalue weighted by molar-refractivity contribution is 6.36. The van der Waals surface area contributed by atoms with Gasteiger partial charge in [-0.1, -0.05) is 29.8 Å². The maximum atomic E-state index is 6.35. The van der Waals surface area contributed by atoms with Gasteiger partial charge in [0.2, 0.25) is 0 Å². The molecule has 0 fully saturated rings. The second-order valence-corrected chi connectivity index (χ2v) is 5.10. The van der Waals surface area contributed by atoms with E-state index in [1.807, 2.05) is 36.4 Å². The summed E-state index contributed by atoms with van der Waals surface area (Å²) in [6, 6.07) is 13.9. The zero-order valence-electron chi connectivity index (χ0n) is 11.0. The fourth-order valence-electron chi connectivity index (χ4n) is 2.58. The molecule has 21 heavy (non-hydrogen) atoms. The van der Waals surface area contributed by atoms with E-state index in [0.717, 1.165) is 32.9 Å². The van der Waals surface area contributed by atoms with E-state index in [4.69, 9.17) is 16.6 Å². The van der Waals surface area contributed by atoms with Crippen molar-refractivity contribution in [3.8, 4) is 11.3 Å². The van der Waals surface area contributed by atoms with Crippen LogP contribution in [0.15, 0.2) is 61.1 Å². The minimum absolute atomic E-state index is 0.470. The predicted octanol–water partition coefficient (Wildman–Crippen LogP) is 4.50. The van der Waals surface area contributed by atoms with Crippen LogP contribution in [0.3, 0.4) is 0 Å². The average molecular weight is 292 g/mol. The maximum absolute atomic E-state index is 6.35. The quantitative estimate of drug-likeness (QED) is 0.383. The lowest BCUT2D eigenvalue weighted by Crippen LogP contribution is -1.91. The summed E-state index contributed by atoms with van der Waals surface area (Å²) in [6.07, 6.45) is 5.23. The Hall–Kier alpha value is -2.52. The summed E-state index contributed by atoms with van der Waals surface area (Å²) in [4.78, 5) is 13.1. The van der Waals surface area contributed by atoms with Gasteiger partial charge in [-0.3, -0.25) is 4.98 Å². The maximum Gasteiger partial charge on any atom is 0.139 e. The molecule has 100 valence electrons. The Morgan fingerprint density at radius 2 is 1.62 bits per heavy atom. The molecule has 0 spiro atoms. The van der Waals surface area contributed by atoms with Crippen LogP contribution < -0.4 is 0 Å². The number of hydrogen-bond acceptors (Lipinski definition) is 3. The summed E-state index contributed by atoms with van der Waals surface area (Å²) in [5, 5.41) is 3.49. The third kappa shape index (κ3) is 1.94. The summed E-state index contributed by atoms with van der Waals surface area (Å²) >= 11 is 6.35. The van der Waals surface area contributed by atoms with E-state index in [2.05, 4.69) is 16.0 Å². The SMILES string of the molecule is Clc1nccc2c1c(-c1ccncc1)nc1ccccc12. The topological polar surface area (TPSA) is 38.7 Å². The molecule has 1 aromatic carbocycles. The van der Waals surface area contributed by atoms with Crippen molar-refractivity contribution in [1.82, 2.24) is 15.0 Å². The van der Waals surface area contributed by atoms with E-state index in [1.54, 1.807) is 18.6 Å². The van der Waals surface area contributed by atoms with Crippen LogP contribution in [0, 0.1) is 0 Å². The zero-order valence-corrected chi connectivity index (χ0v) is 11.7. The minimum atomic E-state index is 0.470. The van der Waals surface area contributed by atoms with E-state index in [1.165, 1.54) is 0 Å². The van der Waals surface area contributed by atoms with E-state index in [0.29, 0.717) is 5.15 Å². The summed E-state index contributed by atoms with van der Waals surface area (Å²) in [5.41, 5.74) is 2.76. The fourth-order valence-corrected chi connectivity index (χ4v) is 2.83. The smallest absolute Gasteiger partial charge is 0.139 e. The van der Waals surface area contributed by atoms with Gasteiger partial charge in [0.15, 0.2) is 0 Å². The molecule has 0 unspecified atom stereocenters. The van der Waals surface area contributed by atoms with Gasteiger partial charge in [-0.15, -0.1) is 0 Å². The molecule has 0 saturated carbocycles. The van der Waals surface area contributed by atoms with Gasteiger partial charge in [-0.25, -0.2) is 9.97 Å². The Bertz CT molecular complexity index is 952. The van der Waals surface area contributed by atoms with Crippen LogP contribution in [0.1, 0.15) is 0 Å². The highest BCUT2D eigenvalue weighted by atomic mass is 35.5. The van der Waals surface area contributed by atoms with Crippen molar-refractivity contribution in [2.75, 3.05) is 0 Å². The summed E-state index contributed by atoms with van der Waals surface area (Å²) < 4.78 is 0. The molecule has 3 aromatic heterocycles. The predicted molar refractivity (Wildman–Crippen MR) is 85.3 cm³/mol. The van der Waals surface area contributed by atoms with Gasteiger partial charge < -0.3 is 0 Å². The van der Waals surface area contributed by atoms with Crippen LogP contribution in [0.25, 0.3) is 32.9 Å². The average Bonchev–Trinajstić information content (AvgIpc) is 2.55. The molecule has 4 heteroatoms. The second-order valence-electron chi connectivity index (χ2n) is 4.74. The molecule has 3 nitrogen and oxygen atoms in total. The summed E-state index contributed by atoms with van der Waals surface area (Å²) in [6.45, 7) is 0. The molecule has 0 amide bonds. The minimum Gasteiger partial charge on any atom is -0.265 e. The molecule has 0 N–H and O–H groups in total. The van der Waals surface area contributed by atoms with Crippen molar-refractivity contribution in [3.05, 3.63) is 66.2 Å². The van der Waals surface area contributed by atoms with Crippen molar-refractivity contribution in [2.45, 2.75) is 0 Å². The number of rotatable bonds is 1. The fraction of sp³-hybridized carbons (Fsp3) is 0. The number of para-hydroxylation sites is 1. The molecule has 0 saturated heterocycles. The molecule has 0 aliphatic rings. The molecule has 4 rings (SSSR count). The van der Waals surface area contributed by atoms with Crippen LogP contribution in [-0.4, -0.2) is 15.0 Å². The number of aromatic nitrogens is 3. The lowest BCUT2D eigenvalue weighted by Gasteiger charge is -2.10. The first kappa shape index (κ1) is 12.2. The Morgan fingerprint density at radius 1 is 0.810 bits per heavy atom. The first-order valence-corrected chi connectivity index (χ1v) is 6.96. The molecule has 0 aliphatic heterocycles. The van der Waals surface area contributed by atoms with Gasteiger partial charge in [-0.2, -0.15) is 0 Å². The third-order valence-corrected chi connectivity index (χ3v) is 3.81. The lowest BCUT2D eigenvalue weighted by molar-refractivity contribution is 1.31. The van der Waals surface area contributed by atoms with E-state index < -0.39 is 0 Å². The molecule has 0 radical (unpaired) electrons. The van der Waals surface area contributed by atoms with E-state index in [-0.39, 0.29) is 0 Å². The normalized spacial score (nSPS) is 11.1. The molecule has 0 atom stereocenters. The standard InChI is InChI=1S/C17H10ClN3/c18-17-15-13(7-10-20-17)12-3-1-2-4-14(12)21-16(15)11-5-8-19-9-6-11/h1-10H. The monoisotopic (exact) mass is 291 g/mol. The Labute approximate surface area is 126 Å². The van der Waals surface area contributed by atoms with Gasteiger partial charge >= 0.3 is 0 Å². The number of fused-ring (bicyclic) bond motifs is 3. The number of benzene rings is 1. The van der Waals surface area contributed by atoms with Crippen LogP contribution in [0.5, 0.6) is 0 Å². The van der Waals surface area contributed by atoms with Gasteiger partial charge in [0.1, 0.15) is 5.15 Å². The largest absolute Gasteiger partial charge is 0.265 e. The lowest BCUT2D eigenvalue weighted by atomic mass is 10.0. The second kappa shape index (κ2) is 4.79. The number of pyridine rings is 3. The van der Waals surface area contributed by atoms with Crippen LogP contribution in [0.2, 0.25) is 5.15 Å². The van der Waals surface area contributed by atoms with Crippen LogP contribution >= 0.6 is 11.6 Å². The van der Waals surface area contributed by atoms with Crippen molar-refractivity contribution in [3.63, 3.8) is 0 Å². The zero-order chi connectivity index (χ0) is 14.2. The van der Waals surface area contributed by atoms with Crippen LogP contribution in [-0.2, 0) is 0 Å². The Kier molecular flexibility index (Phi) is 2.79. The Morgan fingerprint density at radius 3 is 2.48 bits per heavy atom. The first-order valence-electron chi connectivity index (χ1n) is 6.58. The molecular formula is C17H10ClN3. The molecule has 0 bridgehead atoms. The van der Waals surface area contributed by atoms with Gasteiger partial charge in [0.05, 0.1) is 11.2 Å². The highest BCUT2D eigenvalue weighted by Crippen LogP contribution is 2.35. The van der Waals surface area contributed by atoms with Gasteiger partial charge in [-0.05, 0) is 29.7 Å². The van der Waals surface area contributed by atoms with Crippen LogP contribution in [0.4, 0.5) is 0 Å². The van der Waals surface area contributed by atoms with Crippen molar-refractivity contribution in [1.29, 1.82) is 0 Å². The highest BCUT2D eigenvalue weighted by Gasteiger charge is 2.13. The first-order chi connectivity index (χ1) is 10.3. The van der Waals surface area contributed by atoms with Gasteiger partial charge in [0.25, 0.3) is 0 Å². The molecular weight excluding hydrogens is 282 g/mol.